The van der Waals surface area contributed by atoms with Gasteiger partial charge in [-0.3, -0.25) is 14.9 Å². The normalized spacial score (nSPS) is 9.76. The SMILES string of the molecule is COC(=O)Cc1cc([N+](=O)[O-])c(N)cc1OC. The van der Waals surface area contributed by atoms with Gasteiger partial charge < -0.3 is 15.2 Å². The van der Waals surface area contributed by atoms with Crippen LogP contribution in [0.15, 0.2) is 12.1 Å². The molecule has 1 aromatic rings. The summed E-state index contributed by atoms with van der Waals surface area (Å²) in [6.07, 6.45) is -0.110. The summed E-state index contributed by atoms with van der Waals surface area (Å²) < 4.78 is 9.48. The van der Waals surface area contributed by atoms with Gasteiger partial charge in [-0.1, -0.05) is 0 Å². The molecule has 17 heavy (non-hydrogen) atoms. The molecule has 0 saturated carbocycles. The average Bonchev–Trinajstić information content (AvgIpc) is 2.30. The molecule has 0 fully saturated rings. The maximum absolute atomic E-state index is 11.1. The van der Waals surface area contributed by atoms with Gasteiger partial charge in [-0.05, 0) is 0 Å². The molecule has 0 heterocycles. The van der Waals surface area contributed by atoms with Gasteiger partial charge in [0, 0.05) is 17.7 Å². The highest BCUT2D eigenvalue weighted by Crippen LogP contribution is 2.30. The lowest BCUT2D eigenvalue weighted by molar-refractivity contribution is -0.384. The molecule has 0 atom stereocenters. The van der Waals surface area contributed by atoms with Crippen LogP contribution in [0.3, 0.4) is 0 Å². The number of ether oxygens (including phenoxy) is 2. The van der Waals surface area contributed by atoms with E-state index in [0.717, 1.165) is 0 Å². The fraction of sp³-hybridized carbons (Fsp3) is 0.300. The standard InChI is InChI=1S/C10H12N2O5/c1-16-9-5-7(11)8(12(14)15)3-6(9)4-10(13)17-2/h3,5H,4,11H2,1-2H3. The zero-order chi connectivity index (χ0) is 13.0. The molecule has 7 heteroatoms. The van der Waals surface area contributed by atoms with Gasteiger partial charge in [-0.2, -0.15) is 0 Å². The maximum atomic E-state index is 11.1. The van der Waals surface area contributed by atoms with E-state index in [2.05, 4.69) is 4.74 Å². The van der Waals surface area contributed by atoms with Crippen molar-refractivity contribution in [2.45, 2.75) is 6.42 Å². The molecular formula is C10H12N2O5. The second-order valence-corrected chi connectivity index (χ2v) is 3.23. The van der Waals surface area contributed by atoms with Crippen molar-refractivity contribution in [2.24, 2.45) is 0 Å². The molecule has 0 aliphatic carbocycles. The summed E-state index contributed by atoms with van der Waals surface area (Å²) in [5.41, 5.74) is 5.58. The largest absolute Gasteiger partial charge is 0.496 e. The van der Waals surface area contributed by atoms with Gasteiger partial charge >= 0.3 is 5.97 Å². The van der Waals surface area contributed by atoms with Crippen molar-refractivity contribution in [1.29, 1.82) is 0 Å². The van der Waals surface area contributed by atoms with E-state index >= 15 is 0 Å². The van der Waals surface area contributed by atoms with Gasteiger partial charge in [0.25, 0.3) is 5.69 Å². The van der Waals surface area contributed by atoms with Crippen LogP contribution in [0, 0.1) is 10.1 Å². The first-order valence-electron chi connectivity index (χ1n) is 4.67. The summed E-state index contributed by atoms with van der Waals surface area (Å²) in [5, 5.41) is 10.7. The van der Waals surface area contributed by atoms with Crippen LogP contribution in [0.5, 0.6) is 5.75 Å². The van der Waals surface area contributed by atoms with Crippen LogP contribution in [-0.2, 0) is 16.0 Å². The summed E-state index contributed by atoms with van der Waals surface area (Å²) in [4.78, 5) is 21.2. The number of esters is 1. The minimum Gasteiger partial charge on any atom is -0.496 e. The number of nitro groups is 1. The van der Waals surface area contributed by atoms with E-state index in [-0.39, 0.29) is 17.8 Å². The number of carbonyl (C=O) groups is 1. The second kappa shape index (κ2) is 5.15. The van der Waals surface area contributed by atoms with E-state index in [1.165, 1.54) is 26.4 Å². The predicted octanol–water partition coefficient (Wildman–Crippen LogP) is 0.901. The van der Waals surface area contributed by atoms with Crippen LogP contribution >= 0.6 is 0 Å². The van der Waals surface area contributed by atoms with E-state index < -0.39 is 10.9 Å². The smallest absolute Gasteiger partial charge is 0.310 e. The number of nitrogens with zero attached hydrogens (tertiary/aromatic N) is 1. The lowest BCUT2D eigenvalue weighted by atomic mass is 10.1. The van der Waals surface area contributed by atoms with Gasteiger partial charge in [0.05, 0.1) is 25.6 Å². The van der Waals surface area contributed by atoms with Crippen LogP contribution in [0.2, 0.25) is 0 Å². The van der Waals surface area contributed by atoms with Crippen molar-refractivity contribution in [2.75, 3.05) is 20.0 Å². The highest BCUT2D eigenvalue weighted by molar-refractivity contribution is 5.75. The summed E-state index contributed by atoms with van der Waals surface area (Å²) in [5.74, 6) is -0.194. The molecule has 1 rings (SSSR count). The second-order valence-electron chi connectivity index (χ2n) is 3.23. The molecule has 0 unspecified atom stereocenters. The highest BCUT2D eigenvalue weighted by atomic mass is 16.6. The number of hydrogen-bond donors (Lipinski definition) is 1. The van der Waals surface area contributed by atoms with Gasteiger partial charge in [-0.25, -0.2) is 0 Å². The van der Waals surface area contributed by atoms with Gasteiger partial charge in [-0.15, -0.1) is 0 Å². The van der Waals surface area contributed by atoms with Crippen molar-refractivity contribution in [3.8, 4) is 5.75 Å². The van der Waals surface area contributed by atoms with Crippen molar-refractivity contribution >= 4 is 17.3 Å². The Morgan fingerprint density at radius 3 is 2.59 bits per heavy atom. The van der Waals surface area contributed by atoms with E-state index in [9.17, 15) is 14.9 Å². The molecule has 0 saturated heterocycles. The van der Waals surface area contributed by atoms with Crippen molar-refractivity contribution < 1.29 is 19.2 Å². The van der Waals surface area contributed by atoms with Crippen molar-refractivity contribution in [3.63, 3.8) is 0 Å². The minimum atomic E-state index is -0.616. The number of hydrogen-bond acceptors (Lipinski definition) is 6. The Morgan fingerprint density at radius 1 is 1.47 bits per heavy atom. The van der Waals surface area contributed by atoms with Gasteiger partial charge in [0.2, 0.25) is 0 Å². The van der Waals surface area contributed by atoms with Crippen LogP contribution in [0.4, 0.5) is 11.4 Å². The Hall–Kier alpha value is -2.31. The Bertz CT molecular complexity index is 458. The minimum absolute atomic E-state index is 0.0135. The zero-order valence-electron chi connectivity index (χ0n) is 9.43. The molecule has 0 aromatic heterocycles. The summed E-state index contributed by atoms with van der Waals surface area (Å²) in [6, 6.07) is 2.53. The van der Waals surface area contributed by atoms with E-state index in [1.807, 2.05) is 0 Å². The average molecular weight is 240 g/mol. The first-order chi connectivity index (χ1) is 7.99. The molecule has 92 valence electrons. The molecule has 0 radical (unpaired) electrons. The topological polar surface area (TPSA) is 105 Å². The summed E-state index contributed by atoms with van der Waals surface area (Å²) in [7, 11) is 2.63. The van der Waals surface area contributed by atoms with Crippen LogP contribution < -0.4 is 10.5 Å². The fourth-order valence-corrected chi connectivity index (χ4v) is 1.34. The quantitative estimate of drug-likeness (QED) is 0.363. The van der Waals surface area contributed by atoms with E-state index in [0.29, 0.717) is 11.3 Å². The van der Waals surface area contributed by atoms with Crippen LogP contribution in [-0.4, -0.2) is 25.1 Å². The first kappa shape index (κ1) is 12.8. The number of benzene rings is 1. The third-order valence-electron chi connectivity index (χ3n) is 2.19. The van der Waals surface area contributed by atoms with Crippen molar-refractivity contribution in [1.82, 2.24) is 0 Å². The number of methoxy groups -OCH3 is 2. The molecule has 0 aliphatic heterocycles. The zero-order valence-corrected chi connectivity index (χ0v) is 9.43. The Kier molecular flexibility index (Phi) is 3.86. The summed E-state index contributed by atoms with van der Waals surface area (Å²) in [6.45, 7) is 0. The molecule has 7 nitrogen and oxygen atoms in total. The number of nitrogen functional groups attached to an aromatic ring is 1. The Morgan fingerprint density at radius 2 is 2.12 bits per heavy atom. The number of anilines is 1. The molecule has 0 spiro atoms. The lowest BCUT2D eigenvalue weighted by Crippen LogP contribution is -2.07. The predicted molar refractivity (Wildman–Crippen MR) is 59.8 cm³/mol. The lowest BCUT2D eigenvalue weighted by Gasteiger charge is -2.08. The summed E-state index contributed by atoms with van der Waals surface area (Å²) >= 11 is 0. The van der Waals surface area contributed by atoms with E-state index in [4.69, 9.17) is 10.5 Å². The van der Waals surface area contributed by atoms with Gasteiger partial charge in [0.1, 0.15) is 11.4 Å². The van der Waals surface area contributed by atoms with Crippen molar-refractivity contribution in [3.05, 3.63) is 27.8 Å². The number of rotatable bonds is 4. The number of nitro benzene ring substituents is 1. The molecule has 2 N–H and O–H groups in total. The maximum Gasteiger partial charge on any atom is 0.310 e. The monoisotopic (exact) mass is 240 g/mol. The molecule has 1 aromatic carbocycles. The third kappa shape index (κ3) is 2.83. The fourth-order valence-electron chi connectivity index (χ4n) is 1.34. The molecule has 0 amide bonds. The van der Waals surface area contributed by atoms with E-state index in [1.54, 1.807) is 0 Å². The molecule has 0 aliphatic rings. The Balaban J connectivity index is 3.21. The number of carbonyl (C=O) groups excluding carboxylic acids is 1. The number of nitrogens with two attached hydrogens (primary N) is 1. The van der Waals surface area contributed by atoms with Crippen LogP contribution in [0.25, 0.3) is 0 Å². The molecule has 0 bridgehead atoms. The van der Waals surface area contributed by atoms with Crippen LogP contribution in [0.1, 0.15) is 5.56 Å². The Labute approximate surface area is 97.3 Å². The third-order valence-corrected chi connectivity index (χ3v) is 2.19. The molecular weight excluding hydrogens is 228 g/mol. The highest BCUT2D eigenvalue weighted by Gasteiger charge is 2.18. The first-order valence-corrected chi connectivity index (χ1v) is 4.67. The van der Waals surface area contributed by atoms with Gasteiger partial charge in [0.15, 0.2) is 0 Å².